The minimum absolute atomic E-state index is 0.387. The van der Waals surface area contributed by atoms with Gasteiger partial charge in [0.15, 0.2) is 10.3 Å². The minimum Gasteiger partial charge on any atom is -0.273 e. The number of rotatable bonds is 7. The molecule has 1 aromatic carbocycles. The van der Waals surface area contributed by atoms with Crippen molar-refractivity contribution in [1.82, 2.24) is 24.7 Å². The fourth-order valence-corrected chi connectivity index (χ4v) is 3.79. The molecule has 2 aromatic heterocycles. The van der Waals surface area contributed by atoms with Gasteiger partial charge in [-0.15, -0.1) is 10.2 Å². The third-order valence-corrected chi connectivity index (χ3v) is 5.45. The SMILES string of the molecule is CCCSc1nnc(CSc2ncccn2)n1-c1cccc(C(F)(F)F)c1. The molecule has 0 amide bonds. The fraction of sp³-hybridized carbons (Fsp3) is 0.294. The van der Waals surface area contributed by atoms with E-state index in [0.29, 0.717) is 27.6 Å². The van der Waals surface area contributed by atoms with Crippen molar-refractivity contribution in [2.75, 3.05) is 5.75 Å². The van der Waals surface area contributed by atoms with Gasteiger partial charge in [0.1, 0.15) is 5.82 Å². The molecule has 5 nitrogen and oxygen atoms in total. The van der Waals surface area contributed by atoms with Crippen LogP contribution in [-0.4, -0.2) is 30.5 Å². The summed E-state index contributed by atoms with van der Waals surface area (Å²) in [6.45, 7) is 2.03. The smallest absolute Gasteiger partial charge is 0.273 e. The molecule has 142 valence electrons. The topological polar surface area (TPSA) is 56.5 Å². The number of hydrogen-bond acceptors (Lipinski definition) is 6. The van der Waals surface area contributed by atoms with Crippen LogP contribution in [0.4, 0.5) is 13.2 Å². The summed E-state index contributed by atoms with van der Waals surface area (Å²) < 4.78 is 41.0. The van der Waals surface area contributed by atoms with Gasteiger partial charge in [-0.2, -0.15) is 13.2 Å². The Morgan fingerprint density at radius 3 is 2.52 bits per heavy atom. The second-order valence-corrected chi connectivity index (χ2v) is 7.46. The molecule has 0 atom stereocenters. The van der Waals surface area contributed by atoms with Gasteiger partial charge >= 0.3 is 6.18 Å². The number of alkyl halides is 3. The zero-order valence-electron chi connectivity index (χ0n) is 14.3. The van der Waals surface area contributed by atoms with Crippen LogP contribution in [0.3, 0.4) is 0 Å². The fourth-order valence-electron chi connectivity index (χ4n) is 2.25. The van der Waals surface area contributed by atoms with E-state index >= 15 is 0 Å². The first-order chi connectivity index (χ1) is 13.0. The molecule has 0 radical (unpaired) electrons. The van der Waals surface area contributed by atoms with Crippen molar-refractivity contribution >= 4 is 23.5 Å². The van der Waals surface area contributed by atoms with Gasteiger partial charge in [-0.1, -0.05) is 36.5 Å². The molecule has 0 N–H and O–H groups in total. The number of thioether (sulfide) groups is 2. The molecule has 0 bridgehead atoms. The van der Waals surface area contributed by atoms with Gasteiger partial charge < -0.3 is 0 Å². The molecule has 0 aliphatic heterocycles. The second-order valence-electron chi connectivity index (χ2n) is 5.45. The van der Waals surface area contributed by atoms with Crippen LogP contribution in [0.15, 0.2) is 53.0 Å². The molecule has 0 aliphatic carbocycles. The molecule has 3 rings (SSSR count). The molecule has 0 unspecified atom stereocenters. The Bertz CT molecular complexity index is 884. The highest BCUT2D eigenvalue weighted by Crippen LogP contribution is 2.32. The maximum atomic E-state index is 13.1. The lowest BCUT2D eigenvalue weighted by Gasteiger charge is -2.12. The predicted octanol–water partition coefficient (Wildman–Crippen LogP) is 4.87. The maximum Gasteiger partial charge on any atom is 0.416 e. The van der Waals surface area contributed by atoms with Gasteiger partial charge in [0, 0.05) is 18.1 Å². The normalized spacial score (nSPS) is 11.7. The lowest BCUT2D eigenvalue weighted by Crippen LogP contribution is -2.08. The first-order valence-corrected chi connectivity index (χ1v) is 10.1. The van der Waals surface area contributed by atoms with Crippen molar-refractivity contribution in [2.24, 2.45) is 0 Å². The molecule has 0 saturated heterocycles. The van der Waals surface area contributed by atoms with E-state index in [-0.39, 0.29) is 0 Å². The predicted molar refractivity (Wildman–Crippen MR) is 99.0 cm³/mol. The van der Waals surface area contributed by atoms with E-state index in [1.807, 2.05) is 6.92 Å². The third-order valence-electron chi connectivity index (χ3n) is 3.44. The average Bonchev–Trinajstić information content (AvgIpc) is 3.08. The van der Waals surface area contributed by atoms with Gasteiger partial charge in [0.2, 0.25) is 0 Å². The van der Waals surface area contributed by atoms with E-state index < -0.39 is 11.7 Å². The Kier molecular flexibility index (Phi) is 6.38. The number of hydrogen-bond donors (Lipinski definition) is 0. The summed E-state index contributed by atoms with van der Waals surface area (Å²) in [4.78, 5) is 8.28. The van der Waals surface area contributed by atoms with Crippen molar-refractivity contribution in [3.05, 3.63) is 54.1 Å². The monoisotopic (exact) mass is 411 g/mol. The Hall–Kier alpha value is -2.07. The van der Waals surface area contributed by atoms with Gasteiger partial charge in [-0.05, 0) is 30.7 Å². The van der Waals surface area contributed by atoms with Crippen LogP contribution < -0.4 is 0 Å². The van der Waals surface area contributed by atoms with Crippen molar-refractivity contribution in [3.8, 4) is 5.69 Å². The van der Waals surface area contributed by atoms with E-state index in [2.05, 4.69) is 20.2 Å². The Labute approximate surface area is 162 Å². The first-order valence-electron chi connectivity index (χ1n) is 8.13. The molecule has 10 heteroatoms. The molecule has 0 aliphatic rings. The van der Waals surface area contributed by atoms with Crippen LogP contribution in [0, 0.1) is 0 Å². The lowest BCUT2D eigenvalue weighted by molar-refractivity contribution is -0.137. The zero-order chi connectivity index (χ0) is 19.3. The summed E-state index contributed by atoms with van der Waals surface area (Å²) in [7, 11) is 0. The van der Waals surface area contributed by atoms with Crippen LogP contribution in [0.25, 0.3) is 5.69 Å². The molecule has 3 aromatic rings. The van der Waals surface area contributed by atoms with Crippen molar-refractivity contribution in [3.63, 3.8) is 0 Å². The van der Waals surface area contributed by atoms with Crippen molar-refractivity contribution < 1.29 is 13.2 Å². The molecule has 0 fully saturated rings. The number of halogens is 3. The Morgan fingerprint density at radius 1 is 1.04 bits per heavy atom. The molecule has 0 spiro atoms. The van der Waals surface area contributed by atoms with Crippen LogP contribution in [0.1, 0.15) is 24.7 Å². The highest BCUT2D eigenvalue weighted by molar-refractivity contribution is 7.99. The molecular formula is C17H16F3N5S2. The molecular weight excluding hydrogens is 395 g/mol. The maximum absolute atomic E-state index is 13.1. The summed E-state index contributed by atoms with van der Waals surface area (Å²) >= 11 is 2.82. The zero-order valence-corrected chi connectivity index (χ0v) is 16.0. The van der Waals surface area contributed by atoms with Crippen LogP contribution in [-0.2, 0) is 11.9 Å². The summed E-state index contributed by atoms with van der Waals surface area (Å²) in [6.07, 6.45) is -0.222. The third kappa shape index (κ3) is 5.01. The van der Waals surface area contributed by atoms with Crippen LogP contribution >= 0.6 is 23.5 Å². The molecule has 27 heavy (non-hydrogen) atoms. The summed E-state index contributed by atoms with van der Waals surface area (Å²) in [5, 5.41) is 9.50. The van der Waals surface area contributed by atoms with E-state index in [1.165, 1.54) is 29.6 Å². The van der Waals surface area contributed by atoms with Gasteiger partial charge in [0.05, 0.1) is 17.0 Å². The molecule has 2 heterocycles. The van der Waals surface area contributed by atoms with Crippen molar-refractivity contribution in [2.45, 2.75) is 35.6 Å². The summed E-state index contributed by atoms with van der Waals surface area (Å²) in [5.41, 5.74) is -0.317. The minimum atomic E-state index is -4.41. The number of aromatic nitrogens is 5. The largest absolute Gasteiger partial charge is 0.416 e. The van der Waals surface area contributed by atoms with Crippen LogP contribution in [0.5, 0.6) is 0 Å². The van der Waals surface area contributed by atoms with Gasteiger partial charge in [-0.25, -0.2) is 9.97 Å². The lowest BCUT2D eigenvalue weighted by atomic mass is 10.2. The van der Waals surface area contributed by atoms with Gasteiger partial charge in [-0.3, -0.25) is 4.57 Å². The van der Waals surface area contributed by atoms with Crippen molar-refractivity contribution in [1.29, 1.82) is 0 Å². The van der Waals surface area contributed by atoms with Crippen LogP contribution in [0.2, 0.25) is 0 Å². The summed E-state index contributed by atoms with van der Waals surface area (Å²) in [5.74, 6) is 1.73. The Morgan fingerprint density at radius 2 is 1.81 bits per heavy atom. The average molecular weight is 411 g/mol. The van der Waals surface area contributed by atoms with E-state index in [1.54, 1.807) is 29.1 Å². The standard InChI is InChI=1S/C17H16F3N5S2/c1-2-9-26-16-24-23-14(11-27-15-21-7-4-8-22-15)25(16)13-6-3-5-12(10-13)17(18,19)20/h3-8,10H,2,9,11H2,1H3. The Balaban J connectivity index is 1.94. The van der Waals surface area contributed by atoms with E-state index in [0.717, 1.165) is 24.3 Å². The summed E-state index contributed by atoms with van der Waals surface area (Å²) in [6, 6.07) is 6.91. The van der Waals surface area contributed by atoms with E-state index in [9.17, 15) is 13.2 Å². The quantitative estimate of drug-likeness (QED) is 0.408. The highest BCUT2D eigenvalue weighted by Gasteiger charge is 2.31. The van der Waals surface area contributed by atoms with Gasteiger partial charge in [0.25, 0.3) is 0 Å². The molecule has 0 saturated carbocycles. The van der Waals surface area contributed by atoms with E-state index in [4.69, 9.17) is 0 Å². The first kappa shape index (κ1) is 19.7. The number of nitrogens with zero attached hydrogens (tertiary/aromatic N) is 5. The highest BCUT2D eigenvalue weighted by atomic mass is 32.2. The second kappa shape index (κ2) is 8.75. The number of benzene rings is 1.